The first-order valence-corrected chi connectivity index (χ1v) is 9.59. The molecule has 0 spiro atoms. The quantitative estimate of drug-likeness (QED) is 0.746. The third-order valence-corrected chi connectivity index (χ3v) is 5.00. The van der Waals surface area contributed by atoms with Crippen molar-refractivity contribution in [2.24, 2.45) is 0 Å². The van der Waals surface area contributed by atoms with Gasteiger partial charge in [-0.05, 0) is 42.3 Å². The predicted octanol–water partition coefficient (Wildman–Crippen LogP) is 2.16. The van der Waals surface area contributed by atoms with Crippen molar-refractivity contribution in [3.05, 3.63) is 59.7 Å². The van der Waals surface area contributed by atoms with Crippen molar-refractivity contribution in [3.8, 4) is 5.75 Å². The standard InChI is InChI=1S/C22H26N2O5/c1-3-24-19(13-29-14-21(24)26)22(27)16-6-8-17(9-7-16)23-20(25)12-15-4-10-18(28-2)11-5-15/h4-11,19,22,27H,3,12-14H2,1-2H3,(H,23,25)/t19-,22?/m1/s1. The zero-order chi connectivity index (χ0) is 20.8. The molecule has 2 aromatic carbocycles. The van der Waals surface area contributed by atoms with Crippen LogP contribution in [0.3, 0.4) is 0 Å². The molecule has 2 aromatic rings. The minimum absolute atomic E-state index is 0.0518. The lowest BCUT2D eigenvalue weighted by atomic mass is 10.00. The average Bonchev–Trinajstić information content (AvgIpc) is 2.74. The summed E-state index contributed by atoms with van der Waals surface area (Å²) in [6.45, 7) is 2.74. The van der Waals surface area contributed by atoms with Crippen LogP contribution in [-0.4, -0.2) is 54.7 Å². The van der Waals surface area contributed by atoms with Crippen molar-refractivity contribution in [2.75, 3.05) is 32.2 Å². The summed E-state index contributed by atoms with van der Waals surface area (Å²) < 4.78 is 10.4. The summed E-state index contributed by atoms with van der Waals surface area (Å²) >= 11 is 0. The van der Waals surface area contributed by atoms with Crippen molar-refractivity contribution in [1.29, 1.82) is 0 Å². The van der Waals surface area contributed by atoms with Crippen molar-refractivity contribution in [1.82, 2.24) is 4.90 Å². The SMILES string of the molecule is CCN1C(=O)COC[C@@H]1C(O)c1ccc(NC(=O)Cc2ccc(OC)cc2)cc1. The number of carbonyl (C=O) groups is 2. The molecular weight excluding hydrogens is 372 g/mol. The number of morpholine rings is 1. The van der Waals surface area contributed by atoms with E-state index in [0.29, 0.717) is 24.4 Å². The third-order valence-electron chi connectivity index (χ3n) is 5.00. The van der Waals surface area contributed by atoms with Crippen LogP contribution in [0.25, 0.3) is 0 Å². The molecule has 0 aromatic heterocycles. The summed E-state index contributed by atoms with van der Waals surface area (Å²) in [5.41, 5.74) is 2.19. The molecule has 2 amide bonds. The molecule has 1 fully saturated rings. The van der Waals surface area contributed by atoms with Gasteiger partial charge in [-0.2, -0.15) is 0 Å². The molecule has 1 saturated heterocycles. The van der Waals surface area contributed by atoms with Crippen LogP contribution in [0.2, 0.25) is 0 Å². The summed E-state index contributed by atoms with van der Waals surface area (Å²) in [6.07, 6.45) is -0.607. The molecule has 0 bridgehead atoms. The smallest absolute Gasteiger partial charge is 0.248 e. The van der Waals surface area contributed by atoms with E-state index in [-0.39, 0.29) is 24.8 Å². The maximum absolute atomic E-state index is 12.3. The maximum atomic E-state index is 12.3. The first-order valence-electron chi connectivity index (χ1n) is 9.59. The van der Waals surface area contributed by atoms with E-state index in [1.54, 1.807) is 36.3 Å². The lowest BCUT2D eigenvalue weighted by Crippen LogP contribution is -2.51. The number of carbonyl (C=O) groups excluding carboxylic acids is 2. The average molecular weight is 398 g/mol. The van der Waals surface area contributed by atoms with E-state index in [2.05, 4.69) is 5.32 Å². The van der Waals surface area contributed by atoms with Gasteiger partial charge in [0.15, 0.2) is 0 Å². The Kier molecular flexibility index (Phi) is 6.85. The normalized spacial score (nSPS) is 17.7. The van der Waals surface area contributed by atoms with E-state index >= 15 is 0 Å². The van der Waals surface area contributed by atoms with Crippen molar-refractivity contribution in [3.63, 3.8) is 0 Å². The molecule has 1 aliphatic heterocycles. The van der Waals surface area contributed by atoms with Gasteiger partial charge in [0.25, 0.3) is 0 Å². The number of hydrogen-bond donors (Lipinski definition) is 2. The molecule has 7 nitrogen and oxygen atoms in total. The van der Waals surface area contributed by atoms with Gasteiger partial charge in [-0.15, -0.1) is 0 Å². The van der Waals surface area contributed by atoms with Gasteiger partial charge < -0.3 is 24.8 Å². The Morgan fingerprint density at radius 1 is 1.24 bits per heavy atom. The van der Waals surface area contributed by atoms with Crippen LogP contribution in [0.4, 0.5) is 5.69 Å². The Morgan fingerprint density at radius 3 is 2.55 bits per heavy atom. The van der Waals surface area contributed by atoms with E-state index in [4.69, 9.17) is 9.47 Å². The van der Waals surface area contributed by atoms with Gasteiger partial charge in [-0.3, -0.25) is 9.59 Å². The van der Waals surface area contributed by atoms with Crippen molar-refractivity contribution < 1.29 is 24.2 Å². The first kappa shape index (κ1) is 20.8. The van der Waals surface area contributed by atoms with Crippen molar-refractivity contribution in [2.45, 2.75) is 25.5 Å². The number of rotatable bonds is 7. The number of benzene rings is 2. The molecule has 3 rings (SSSR count). The zero-order valence-corrected chi connectivity index (χ0v) is 16.6. The van der Waals surface area contributed by atoms with Crippen LogP contribution in [0, 0.1) is 0 Å². The van der Waals surface area contributed by atoms with Crippen LogP contribution < -0.4 is 10.1 Å². The number of anilines is 1. The Bertz CT molecular complexity index is 835. The fourth-order valence-corrected chi connectivity index (χ4v) is 3.42. The van der Waals surface area contributed by atoms with E-state index in [1.165, 1.54) is 0 Å². The lowest BCUT2D eigenvalue weighted by Gasteiger charge is -2.37. The molecule has 29 heavy (non-hydrogen) atoms. The molecule has 2 N–H and O–H groups in total. The molecule has 7 heteroatoms. The summed E-state index contributed by atoms with van der Waals surface area (Å²) in [7, 11) is 1.60. The number of aliphatic hydroxyl groups is 1. The number of amides is 2. The van der Waals surface area contributed by atoms with Gasteiger partial charge in [0.05, 0.1) is 26.2 Å². The molecular formula is C22H26N2O5. The van der Waals surface area contributed by atoms with E-state index in [0.717, 1.165) is 11.3 Å². The van der Waals surface area contributed by atoms with Crippen LogP contribution in [0.15, 0.2) is 48.5 Å². The molecule has 2 atom stereocenters. The second kappa shape index (κ2) is 9.54. The topological polar surface area (TPSA) is 88.1 Å². The molecule has 0 aliphatic carbocycles. The first-order chi connectivity index (χ1) is 14.0. The number of methoxy groups -OCH3 is 1. The number of aliphatic hydroxyl groups excluding tert-OH is 1. The lowest BCUT2D eigenvalue weighted by molar-refractivity contribution is -0.153. The van der Waals surface area contributed by atoms with E-state index in [1.807, 2.05) is 31.2 Å². The highest BCUT2D eigenvalue weighted by Gasteiger charge is 2.33. The van der Waals surface area contributed by atoms with E-state index in [9.17, 15) is 14.7 Å². The van der Waals surface area contributed by atoms with Gasteiger partial charge in [0, 0.05) is 12.2 Å². The Morgan fingerprint density at radius 2 is 1.93 bits per heavy atom. The number of nitrogens with zero attached hydrogens (tertiary/aromatic N) is 1. The summed E-state index contributed by atoms with van der Waals surface area (Å²) in [5.74, 6) is 0.493. The van der Waals surface area contributed by atoms with E-state index < -0.39 is 12.1 Å². The highest BCUT2D eigenvalue weighted by atomic mass is 16.5. The highest BCUT2D eigenvalue weighted by Crippen LogP contribution is 2.25. The molecule has 1 aliphatic rings. The summed E-state index contributed by atoms with van der Waals surface area (Å²) in [6, 6.07) is 13.9. The number of nitrogens with one attached hydrogen (secondary N) is 1. The Labute approximate surface area is 170 Å². The fraction of sp³-hybridized carbons (Fsp3) is 0.364. The zero-order valence-electron chi connectivity index (χ0n) is 16.6. The Hall–Kier alpha value is -2.90. The largest absolute Gasteiger partial charge is 0.497 e. The highest BCUT2D eigenvalue weighted by molar-refractivity contribution is 5.92. The minimum atomic E-state index is -0.858. The van der Waals surface area contributed by atoms with Crippen molar-refractivity contribution >= 4 is 17.5 Å². The van der Waals surface area contributed by atoms with Crippen LogP contribution >= 0.6 is 0 Å². The molecule has 0 saturated carbocycles. The maximum Gasteiger partial charge on any atom is 0.248 e. The number of hydrogen-bond acceptors (Lipinski definition) is 5. The molecule has 0 radical (unpaired) electrons. The summed E-state index contributed by atoms with van der Waals surface area (Å²) in [4.78, 5) is 25.9. The van der Waals surface area contributed by atoms with Gasteiger partial charge in [0.2, 0.25) is 11.8 Å². The Balaban J connectivity index is 1.60. The third kappa shape index (κ3) is 5.13. The predicted molar refractivity (Wildman–Crippen MR) is 109 cm³/mol. The summed E-state index contributed by atoms with van der Waals surface area (Å²) in [5, 5.41) is 13.6. The van der Waals surface area contributed by atoms with Crippen LogP contribution in [0.1, 0.15) is 24.2 Å². The number of likely N-dealkylation sites (N-methyl/N-ethyl adjacent to an activating group) is 1. The second-order valence-corrected chi connectivity index (χ2v) is 6.90. The monoisotopic (exact) mass is 398 g/mol. The van der Waals surface area contributed by atoms with Gasteiger partial charge >= 0.3 is 0 Å². The number of ether oxygens (including phenoxy) is 2. The molecule has 154 valence electrons. The fourth-order valence-electron chi connectivity index (χ4n) is 3.42. The molecule has 1 unspecified atom stereocenters. The van der Waals surface area contributed by atoms with Crippen LogP contribution in [-0.2, 0) is 20.7 Å². The second-order valence-electron chi connectivity index (χ2n) is 6.90. The van der Waals surface area contributed by atoms with Gasteiger partial charge in [0.1, 0.15) is 18.5 Å². The molecule has 1 heterocycles. The van der Waals surface area contributed by atoms with Gasteiger partial charge in [-0.25, -0.2) is 0 Å². The van der Waals surface area contributed by atoms with Gasteiger partial charge in [-0.1, -0.05) is 24.3 Å². The van der Waals surface area contributed by atoms with Crippen LogP contribution in [0.5, 0.6) is 5.75 Å². The minimum Gasteiger partial charge on any atom is -0.497 e.